The third-order valence-corrected chi connectivity index (χ3v) is 1.87. The Labute approximate surface area is 85.9 Å². The molecule has 0 radical (unpaired) electrons. The van der Waals surface area contributed by atoms with Crippen molar-refractivity contribution >= 4 is 21.9 Å². The molecule has 0 spiro atoms. The second-order valence-electron chi connectivity index (χ2n) is 2.77. The Kier molecular flexibility index (Phi) is 4.26. The monoisotopic (exact) mass is 246 g/mol. The molecule has 4 heteroatoms. The van der Waals surface area contributed by atoms with Crippen molar-refractivity contribution in [2.45, 2.75) is 32.0 Å². The maximum atomic E-state index is 10.9. The molecule has 0 bridgehead atoms. The van der Waals surface area contributed by atoms with Crippen LogP contribution in [-0.4, -0.2) is 24.8 Å². The average Bonchev–Trinajstić information content (AvgIpc) is 2.82. The number of esters is 1. The minimum absolute atomic E-state index is 0.0224. The predicted octanol–water partition coefficient (Wildman–Crippen LogP) is 1.45. The average molecular weight is 247 g/mol. The van der Waals surface area contributed by atoms with Gasteiger partial charge in [-0.25, -0.2) is 0 Å². The summed E-state index contributed by atoms with van der Waals surface area (Å²) in [6, 6.07) is 0. The van der Waals surface area contributed by atoms with Gasteiger partial charge in [0, 0.05) is 22.4 Å². The van der Waals surface area contributed by atoms with Crippen LogP contribution >= 0.6 is 15.9 Å². The second kappa shape index (κ2) is 5.25. The number of halogens is 1. The SMILES string of the molecule is CCCC(=O)OC[C@H]1O[C@H]1C#CBr. The summed E-state index contributed by atoms with van der Waals surface area (Å²) in [7, 11) is 0. The van der Waals surface area contributed by atoms with Gasteiger partial charge in [-0.2, -0.15) is 0 Å². The molecule has 3 nitrogen and oxygen atoms in total. The molecular formula is C9H11BrO3. The first-order valence-electron chi connectivity index (χ1n) is 4.20. The molecule has 1 fully saturated rings. The van der Waals surface area contributed by atoms with Gasteiger partial charge in [0.25, 0.3) is 0 Å². The van der Waals surface area contributed by atoms with Gasteiger partial charge < -0.3 is 9.47 Å². The number of hydrogen-bond donors (Lipinski definition) is 0. The Balaban J connectivity index is 2.07. The van der Waals surface area contributed by atoms with Crippen molar-refractivity contribution in [2.75, 3.05) is 6.61 Å². The van der Waals surface area contributed by atoms with Crippen molar-refractivity contribution in [1.29, 1.82) is 0 Å². The Morgan fingerprint density at radius 3 is 3.08 bits per heavy atom. The van der Waals surface area contributed by atoms with E-state index >= 15 is 0 Å². The molecule has 72 valence electrons. The molecule has 1 saturated heterocycles. The van der Waals surface area contributed by atoms with Crippen molar-refractivity contribution in [1.82, 2.24) is 0 Å². The first-order valence-corrected chi connectivity index (χ1v) is 4.99. The third kappa shape index (κ3) is 3.79. The molecule has 1 heterocycles. The topological polar surface area (TPSA) is 38.8 Å². The van der Waals surface area contributed by atoms with Crippen LogP contribution in [0.25, 0.3) is 0 Å². The van der Waals surface area contributed by atoms with Crippen LogP contribution in [0, 0.1) is 10.8 Å². The van der Waals surface area contributed by atoms with E-state index < -0.39 is 0 Å². The number of epoxide rings is 1. The minimum Gasteiger partial charge on any atom is -0.463 e. The van der Waals surface area contributed by atoms with Crippen LogP contribution in [0.2, 0.25) is 0 Å². The molecule has 2 atom stereocenters. The van der Waals surface area contributed by atoms with Crippen LogP contribution in [0.4, 0.5) is 0 Å². The molecular weight excluding hydrogens is 236 g/mol. The quantitative estimate of drug-likeness (QED) is 0.429. The highest BCUT2D eigenvalue weighted by molar-refractivity contribution is 9.12. The van der Waals surface area contributed by atoms with E-state index in [0.717, 1.165) is 6.42 Å². The van der Waals surface area contributed by atoms with E-state index in [9.17, 15) is 4.79 Å². The van der Waals surface area contributed by atoms with Crippen molar-refractivity contribution in [3.05, 3.63) is 0 Å². The van der Waals surface area contributed by atoms with Crippen molar-refractivity contribution in [3.8, 4) is 10.8 Å². The lowest BCUT2D eigenvalue weighted by Gasteiger charge is -1.99. The molecule has 0 aromatic rings. The lowest BCUT2D eigenvalue weighted by atomic mass is 10.3. The fourth-order valence-electron chi connectivity index (χ4n) is 0.902. The predicted molar refractivity (Wildman–Crippen MR) is 51.2 cm³/mol. The van der Waals surface area contributed by atoms with Gasteiger partial charge in [-0.1, -0.05) is 12.8 Å². The smallest absolute Gasteiger partial charge is 0.305 e. The summed E-state index contributed by atoms with van der Waals surface area (Å²) < 4.78 is 10.0. The molecule has 0 amide bonds. The molecule has 0 N–H and O–H groups in total. The maximum absolute atomic E-state index is 10.9. The third-order valence-electron chi connectivity index (χ3n) is 1.64. The van der Waals surface area contributed by atoms with Gasteiger partial charge in [0.1, 0.15) is 18.8 Å². The zero-order chi connectivity index (χ0) is 9.68. The molecule has 0 aromatic carbocycles. The molecule has 0 saturated carbocycles. The zero-order valence-electron chi connectivity index (χ0n) is 7.38. The molecule has 13 heavy (non-hydrogen) atoms. The molecule has 0 unspecified atom stereocenters. The van der Waals surface area contributed by atoms with Crippen LogP contribution in [0.5, 0.6) is 0 Å². The number of ether oxygens (including phenoxy) is 2. The summed E-state index contributed by atoms with van der Waals surface area (Å²) in [6.07, 6.45) is 1.20. The van der Waals surface area contributed by atoms with Crippen LogP contribution < -0.4 is 0 Å². The molecule has 1 aliphatic heterocycles. The minimum atomic E-state index is -0.163. The lowest BCUT2D eigenvalue weighted by molar-refractivity contribution is -0.144. The Morgan fingerprint density at radius 2 is 2.46 bits per heavy atom. The van der Waals surface area contributed by atoms with Gasteiger partial charge in [0.15, 0.2) is 0 Å². The Morgan fingerprint density at radius 1 is 1.69 bits per heavy atom. The van der Waals surface area contributed by atoms with Gasteiger partial charge in [0.05, 0.1) is 0 Å². The van der Waals surface area contributed by atoms with Gasteiger partial charge in [-0.05, 0) is 11.3 Å². The standard InChI is InChI=1S/C9H11BrO3/c1-2-3-9(11)12-6-8-7(13-8)4-5-10/h7-8H,2-3,6H2,1H3/t7-,8+/m0/s1. The van der Waals surface area contributed by atoms with Gasteiger partial charge in [-0.3, -0.25) is 4.79 Å². The van der Waals surface area contributed by atoms with Gasteiger partial charge >= 0.3 is 5.97 Å². The second-order valence-corrected chi connectivity index (χ2v) is 3.16. The summed E-state index contributed by atoms with van der Waals surface area (Å²) >= 11 is 2.97. The molecule has 1 rings (SSSR count). The van der Waals surface area contributed by atoms with Crippen LogP contribution in [-0.2, 0) is 14.3 Å². The maximum Gasteiger partial charge on any atom is 0.305 e. The van der Waals surface area contributed by atoms with E-state index in [0.29, 0.717) is 13.0 Å². The first-order chi connectivity index (χ1) is 6.27. The summed E-state index contributed by atoms with van der Waals surface area (Å²) in [6.45, 7) is 2.26. The van der Waals surface area contributed by atoms with Crippen LogP contribution in [0.1, 0.15) is 19.8 Å². The fraction of sp³-hybridized carbons (Fsp3) is 0.667. The molecule has 0 aliphatic carbocycles. The van der Waals surface area contributed by atoms with E-state index in [-0.39, 0.29) is 18.2 Å². The highest BCUT2D eigenvalue weighted by Crippen LogP contribution is 2.21. The largest absolute Gasteiger partial charge is 0.463 e. The summed E-state index contributed by atoms with van der Waals surface area (Å²) in [5, 5.41) is 0. The lowest BCUT2D eigenvalue weighted by Crippen LogP contribution is -2.10. The number of carbonyl (C=O) groups is 1. The Hall–Kier alpha value is -0.530. The molecule has 1 aliphatic rings. The molecule has 0 aromatic heterocycles. The number of carbonyl (C=O) groups excluding carboxylic acids is 1. The number of rotatable bonds is 4. The van der Waals surface area contributed by atoms with Crippen molar-refractivity contribution in [3.63, 3.8) is 0 Å². The van der Waals surface area contributed by atoms with Gasteiger partial charge in [-0.15, -0.1) is 0 Å². The van der Waals surface area contributed by atoms with Crippen LogP contribution in [0.3, 0.4) is 0 Å². The van der Waals surface area contributed by atoms with E-state index in [4.69, 9.17) is 9.47 Å². The van der Waals surface area contributed by atoms with Gasteiger partial charge in [0.2, 0.25) is 0 Å². The van der Waals surface area contributed by atoms with E-state index in [1.54, 1.807) is 0 Å². The highest BCUT2D eigenvalue weighted by atomic mass is 79.9. The Bertz CT molecular complexity index is 241. The van der Waals surface area contributed by atoms with E-state index in [2.05, 4.69) is 26.7 Å². The van der Waals surface area contributed by atoms with E-state index in [1.165, 1.54) is 0 Å². The fourth-order valence-corrected chi connectivity index (χ4v) is 1.13. The number of hydrogen-bond acceptors (Lipinski definition) is 3. The summed E-state index contributed by atoms with van der Waals surface area (Å²) in [5.74, 6) is 2.62. The highest BCUT2D eigenvalue weighted by Gasteiger charge is 2.38. The van der Waals surface area contributed by atoms with Crippen molar-refractivity contribution < 1.29 is 14.3 Å². The normalized spacial score (nSPS) is 24.5. The van der Waals surface area contributed by atoms with Crippen molar-refractivity contribution in [2.24, 2.45) is 0 Å². The van der Waals surface area contributed by atoms with E-state index in [1.807, 2.05) is 6.92 Å². The van der Waals surface area contributed by atoms with Crippen LogP contribution in [0.15, 0.2) is 0 Å². The summed E-state index contributed by atoms with van der Waals surface area (Å²) in [4.78, 5) is 13.5. The first kappa shape index (κ1) is 10.6. The zero-order valence-corrected chi connectivity index (χ0v) is 8.96. The summed E-state index contributed by atoms with van der Waals surface area (Å²) in [5.41, 5.74) is 0.